The minimum atomic E-state index is 0.167. The highest BCUT2D eigenvalue weighted by molar-refractivity contribution is 7.99. The summed E-state index contributed by atoms with van der Waals surface area (Å²) >= 11 is 7.13. The Bertz CT molecular complexity index is 506. The fourth-order valence-corrected chi connectivity index (χ4v) is 1.88. The minimum Gasteiger partial charge on any atom is -0.347 e. The van der Waals surface area contributed by atoms with E-state index in [0.29, 0.717) is 11.1 Å². The zero-order chi connectivity index (χ0) is 12.3. The zero-order valence-electron chi connectivity index (χ0n) is 9.20. The van der Waals surface area contributed by atoms with Crippen LogP contribution >= 0.6 is 23.4 Å². The summed E-state index contributed by atoms with van der Waals surface area (Å²) in [4.78, 5) is 22.0. The molecule has 6 nitrogen and oxygen atoms in total. The Morgan fingerprint density at radius 2 is 2.06 bits per heavy atom. The van der Waals surface area contributed by atoms with Crippen LogP contribution in [0.4, 0.5) is 5.95 Å². The van der Waals surface area contributed by atoms with Crippen LogP contribution < -0.4 is 4.90 Å². The predicted octanol–water partition coefficient (Wildman–Crippen LogP) is 1.53. The number of hydrogen-bond acceptors (Lipinski definition) is 7. The molecule has 0 bridgehead atoms. The van der Waals surface area contributed by atoms with E-state index in [0.717, 1.165) is 5.03 Å². The summed E-state index contributed by atoms with van der Waals surface area (Å²) in [7, 11) is 3.68. The second kappa shape index (κ2) is 5.24. The molecule has 0 atom stereocenters. The summed E-state index contributed by atoms with van der Waals surface area (Å²) in [5.74, 6) is 0.515. The zero-order valence-corrected chi connectivity index (χ0v) is 10.8. The van der Waals surface area contributed by atoms with Gasteiger partial charge in [0.2, 0.25) is 11.2 Å². The molecular weight excluding hydrogens is 260 g/mol. The molecule has 2 aromatic rings. The molecule has 2 heterocycles. The van der Waals surface area contributed by atoms with Crippen LogP contribution in [0.5, 0.6) is 0 Å². The van der Waals surface area contributed by atoms with Crippen molar-refractivity contribution in [3.05, 3.63) is 23.9 Å². The van der Waals surface area contributed by atoms with E-state index >= 15 is 0 Å². The van der Waals surface area contributed by atoms with Gasteiger partial charge < -0.3 is 4.90 Å². The number of aromatic nitrogens is 5. The van der Waals surface area contributed by atoms with Gasteiger partial charge in [0.05, 0.1) is 0 Å². The number of anilines is 1. The topological polar surface area (TPSA) is 67.7 Å². The van der Waals surface area contributed by atoms with Crippen LogP contribution in [0.1, 0.15) is 0 Å². The Kier molecular flexibility index (Phi) is 3.70. The molecule has 0 spiro atoms. The SMILES string of the molecule is CN(C)c1nc(Cl)nc(Sc2ccncn2)n1. The molecule has 0 fully saturated rings. The second-order valence-electron chi connectivity index (χ2n) is 3.23. The van der Waals surface area contributed by atoms with Gasteiger partial charge in [0.15, 0.2) is 5.16 Å². The third-order valence-corrected chi connectivity index (χ3v) is 2.71. The van der Waals surface area contributed by atoms with Crippen LogP contribution in [0, 0.1) is 0 Å². The summed E-state index contributed by atoms with van der Waals surface area (Å²) in [6.07, 6.45) is 3.13. The number of rotatable bonds is 3. The van der Waals surface area contributed by atoms with E-state index in [1.54, 1.807) is 17.2 Å². The maximum Gasteiger partial charge on any atom is 0.230 e. The monoisotopic (exact) mass is 268 g/mol. The van der Waals surface area contributed by atoms with Gasteiger partial charge in [0, 0.05) is 20.3 Å². The highest BCUT2D eigenvalue weighted by Gasteiger charge is 2.08. The summed E-state index contributed by atoms with van der Waals surface area (Å²) in [5, 5.41) is 1.43. The van der Waals surface area contributed by atoms with Gasteiger partial charge in [-0.3, -0.25) is 0 Å². The first-order chi connectivity index (χ1) is 8.15. The standard InChI is InChI=1S/C9H9ClN6S/c1-16(2)8-13-7(10)14-9(15-8)17-6-3-4-11-5-12-6/h3-5H,1-2H3. The molecule has 0 saturated carbocycles. The van der Waals surface area contributed by atoms with E-state index in [4.69, 9.17) is 11.6 Å². The van der Waals surface area contributed by atoms with Crippen LogP contribution in [-0.4, -0.2) is 39.0 Å². The lowest BCUT2D eigenvalue weighted by Gasteiger charge is -2.10. The maximum atomic E-state index is 5.83. The van der Waals surface area contributed by atoms with Crippen LogP contribution in [-0.2, 0) is 0 Å². The van der Waals surface area contributed by atoms with E-state index < -0.39 is 0 Å². The third-order valence-electron chi connectivity index (χ3n) is 1.73. The fourth-order valence-electron chi connectivity index (χ4n) is 1.00. The van der Waals surface area contributed by atoms with Crippen molar-refractivity contribution < 1.29 is 0 Å². The molecule has 2 rings (SSSR count). The maximum absolute atomic E-state index is 5.83. The molecule has 0 aliphatic heterocycles. The van der Waals surface area contributed by atoms with Crippen molar-refractivity contribution in [2.75, 3.05) is 19.0 Å². The Balaban J connectivity index is 2.27. The lowest BCUT2D eigenvalue weighted by Crippen LogP contribution is -2.13. The van der Waals surface area contributed by atoms with Crippen molar-refractivity contribution in [1.29, 1.82) is 0 Å². The van der Waals surface area contributed by atoms with E-state index in [9.17, 15) is 0 Å². The van der Waals surface area contributed by atoms with Crippen molar-refractivity contribution in [1.82, 2.24) is 24.9 Å². The molecular formula is C9H9ClN6S. The molecule has 0 unspecified atom stereocenters. The lowest BCUT2D eigenvalue weighted by molar-refractivity contribution is 0.863. The Morgan fingerprint density at radius 1 is 1.24 bits per heavy atom. The van der Waals surface area contributed by atoms with Crippen LogP contribution in [0.15, 0.2) is 28.8 Å². The Labute approximate surface area is 108 Å². The first-order valence-electron chi connectivity index (χ1n) is 4.68. The average molecular weight is 269 g/mol. The van der Waals surface area contributed by atoms with Gasteiger partial charge in [-0.05, 0) is 29.4 Å². The third kappa shape index (κ3) is 3.24. The van der Waals surface area contributed by atoms with E-state index in [-0.39, 0.29) is 5.28 Å². The molecule has 0 aliphatic carbocycles. The van der Waals surface area contributed by atoms with Crippen molar-refractivity contribution >= 4 is 29.3 Å². The van der Waals surface area contributed by atoms with Crippen LogP contribution in [0.3, 0.4) is 0 Å². The van der Waals surface area contributed by atoms with Crippen molar-refractivity contribution in [3.8, 4) is 0 Å². The molecule has 0 radical (unpaired) electrons. The fraction of sp³-hybridized carbons (Fsp3) is 0.222. The van der Waals surface area contributed by atoms with Gasteiger partial charge in [-0.15, -0.1) is 0 Å². The number of nitrogens with zero attached hydrogens (tertiary/aromatic N) is 6. The van der Waals surface area contributed by atoms with Crippen molar-refractivity contribution in [2.45, 2.75) is 10.2 Å². The molecule has 2 aromatic heterocycles. The molecule has 0 amide bonds. The quantitative estimate of drug-likeness (QED) is 0.782. The summed E-state index contributed by atoms with van der Waals surface area (Å²) in [6.45, 7) is 0. The molecule has 8 heteroatoms. The van der Waals surface area contributed by atoms with Crippen LogP contribution in [0.25, 0.3) is 0 Å². The molecule has 88 valence electrons. The molecule has 0 aliphatic rings. The first kappa shape index (κ1) is 12.0. The predicted molar refractivity (Wildman–Crippen MR) is 65.3 cm³/mol. The van der Waals surface area contributed by atoms with E-state index in [2.05, 4.69) is 24.9 Å². The summed E-state index contributed by atoms with van der Waals surface area (Å²) in [5.41, 5.74) is 0. The number of hydrogen-bond donors (Lipinski definition) is 0. The molecule has 17 heavy (non-hydrogen) atoms. The van der Waals surface area contributed by atoms with Gasteiger partial charge in [0.25, 0.3) is 0 Å². The number of halogens is 1. The Morgan fingerprint density at radius 3 is 2.71 bits per heavy atom. The van der Waals surface area contributed by atoms with Gasteiger partial charge in [-0.2, -0.15) is 15.0 Å². The highest BCUT2D eigenvalue weighted by Crippen LogP contribution is 2.23. The molecule has 0 N–H and O–H groups in total. The van der Waals surface area contributed by atoms with E-state index in [1.165, 1.54) is 18.1 Å². The average Bonchev–Trinajstić information content (AvgIpc) is 2.29. The second-order valence-corrected chi connectivity index (χ2v) is 4.56. The largest absolute Gasteiger partial charge is 0.347 e. The summed E-state index contributed by atoms with van der Waals surface area (Å²) < 4.78 is 0. The van der Waals surface area contributed by atoms with Gasteiger partial charge in [0.1, 0.15) is 11.4 Å². The highest BCUT2D eigenvalue weighted by atomic mass is 35.5. The van der Waals surface area contributed by atoms with E-state index in [1.807, 2.05) is 14.1 Å². The van der Waals surface area contributed by atoms with Gasteiger partial charge >= 0.3 is 0 Å². The minimum absolute atomic E-state index is 0.167. The van der Waals surface area contributed by atoms with Crippen LogP contribution in [0.2, 0.25) is 5.28 Å². The van der Waals surface area contributed by atoms with Gasteiger partial charge in [-0.25, -0.2) is 9.97 Å². The van der Waals surface area contributed by atoms with Crippen molar-refractivity contribution in [2.24, 2.45) is 0 Å². The smallest absolute Gasteiger partial charge is 0.230 e. The lowest BCUT2D eigenvalue weighted by atomic mass is 10.7. The molecule has 0 saturated heterocycles. The van der Waals surface area contributed by atoms with Crippen molar-refractivity contribution in [3.63, 3.8) is 0 Å². The van der Waals surface area contributed by atoms with Gasteiger partial charge in [-0.1, -0.05) is 0 Å². The summed E-state index contributed by atoms with van der Waals surface area (Å²) in [6, 6.07) is 1.78. The normalized spacial score (nSPS) is 10.3. The molecule has 0 aromatic carbocycles. The first-order valence-corrected chi connectivity index (χ1v) is 5.87. The Hall–Kier alpha value is -1.47.